The van der Waals surface area contributed by atoms with Crippen molar-refractivity contribution in [3.05, 3.63) is 46.9 Å². The quantitative estimate of drug-likeness (QED) is 0.727. The summed E-state index contributed by atoms with van der Waals surface area (Å²) in [6, 6.07) is 6.52. The Hall–Kier alpha value is -2.01. The SMILES string of the molecule is Cc1nc(N(Cc2ncccc2C)C(C)C)c2ccsc2n1. The summed E-state index contributed by atoms with van der Waals surface area (Å²) >= 11 is 1.66. The molecule has 0 unspecified atom stereocenters. The van der Waals surface area contributed by atoms with Crippen LogP contribution in [0.25, 0.3) is 10.2 Å². The molecule has 4 nitrogen and oxygen atoms in total. The monoisotopic (exact) mass is 312 g/mol. The second-order valence-electron chi connectivity index (χ2n) is 5.72. The van der Waals surface area contributed by atoms with Gasteiger partial charge in [-0.05, 0) is 50.8 Å². The van der Waals surface area contributed by atoms with Gasteiger partial charge in [-0.2, -0.15) is 0 Å². The Kier molecular flexibility index (Phi) is 4.07. The molecule has 3 aromatic heterocycles. The number of aromatic nitrogens is 3. The van der Waals surface area contributed by atoms with Crippen LogP contribution >= 0.6 is 11.3 Å². The first-order valence-electron chi connectivity index (χ1n) is 7.45. The van der Waals surface area contributed by atoms with Crippen LogP contribution in [0.2, 0.25) is 0 Å². The molecule has 114 valence electrons. The van der Waals surface area contributed by atoms with Crippen molar-refractivity contribution in [1.29, 1.82) is 0 Å². The van der Waals surface area contributed by atoms with Crippen molar-refractivity contribution in [1.82, 2.24) is 15.0 Å². The molecule has 0 spiro atoms. The fourth-order valence-corrected chi connectivity index (χ4v) is 3.31. The lowest BCUT2D eigenvalue weighted by molar-refractivity contribution is 0.663. The van der Waals surface area contributed by atoms with Crippen molar-refractivity contribution in [3.63, 3.8) is 0 Å². The second-order valence-corrected chi connectivity index (χ2v) is 6.62. The topological polar surface area (TPSA) is 41.9 Å². The molecular weight excluding hydrogens is 292 g/mol. The third kappa shape index (κ3) is 2.81. The first-order chi connectivity index (χ1) is 10.6. The lowest BCUT2D eigenvalue weighted by Crippen LogP contribution is -2.32. The molecule has 5 heteroatoms. The van der Waals surface area contributed by atoms with E-state index in [0.29, 0.717) is 6.04 Å². The second kappa shape index (κ2) is 6.01. The zero-order valence-corrected chi connectivity index (χ0v) is 14.2. The predicted molar refractivity (Wildman–Crippen MR) is 92.4 cm³/mol. The largest absolute Gasteiger partial charge is 0.348 e. The van der Waals surface area contributed by atoms with E-state index in [4.69, 9.17) is 4.98 Å². The molecule has 3 aromatic rings. The predicted octanol–water partition coefficient (Wildman–Crippen LogP) is 4.12. The third-order valence-electron chi connectivity index (χ3n) is 3.75. The summed E-state index contributed by atoms with van der Waals surface area (Å²) in [6.07, 6.45) is 1.85. The summed E-state index contributed by atoms with van der Waals surface area (Å²) < 4.78 is 0. The molecule has 0 radical (unpaired) electrons. The van der Waals surface area contributed by atoms with E-state index in [1.54, 1.807) is 11.3 Å². The van der Waals surface area contributed by atoms with Gasteiger partial charge in [0.2, 0.25) is 0 Å². The first-order valence-corrected chi connectivity index (χ1v) is 8.33. The van der Waals surface area contributed by atoms with E-state index < -0.39 is 0 Å². The van der Waals surface area contributed by atoms with Crippen molar-refractivity contribution >= 4 is 27.4 Å². The number of thiophene rings is 1. The highest BCUT2D eigenvalue weighted by atomic mass is 32.1. The average molecular weight is 312 g/mol. The highest BCUT2D eigenvalue weighted by Gasteiger charge is 2.18. The highest BCUT2D eigenvalue weighted by molar-refractivity contribution is 7.16. The Balaban J connectivity index is 2.07. The van der Waals surface area contributed by atoms with E-state index in [1.165, 1.54) is 5.56 Å². The molecule has 0 atom stereocenters. The smallest absolute Gasteiger partial charge is 0.141 e. The summed E-state index contributed by atoms with van der Waals surface area (Å²) in [4.78, 5) is 17.1. The van der Waals surface area contributed by atoms with Crippen LogP contribution in [0.5, 0.6) is 0 Å². The van der Waals surface area contributed by atoms with Gasteiger partial charge in [0.25, 0.3) is 0 Å². The Bertz CT molecular complexity index is 794. The fraction of sp³-hybridized carbons (Fsp3) is 0.353. The van der Waals surface area contributed by atoms with Crippen LogP contribution in [0.4, 0.5) is 5.82 Å². The molecule has 0 aliphatic rings. The molecule has 0 amide bonds. The van der Waals surface area contributed by atoms with Crippen LogP contribution in [0, 0.1) is 13.8 Å². The molecule has 0 N–H and O–H groups in total. The molecule has 0 aliphatic carbocycles. The molecule has 0 bridgehead atoms. The lowest BCUT2D eigenvalue weighted by atomic mass is 10.2. The zero-order chi connectivity index (χ0) is 15.7. The van der Waals surface area contributed by atoms with Crippen molar-refractivity contribution in [3.8, 4) is 0 Å². The van der Waals surface area contributed by atoms with Gasteiger partial charge in [-0.3, -0.25) is 4.98 Å². The number of anilines is 1. The maximum Gasteiger partial charge on any atom is 0.141 e. The standard InChI is InChI=1S/C17H20N4S/c1-11(2)21(10-15-12(3)6-5-8-18-15)16-14-7-9-22-17(14)20-13(4)19-16/h5-9,11H,10H2,1-4H3. The summed E-state index contributed by atoms with van der Waals surface area (Å²) in [5, 5.41) is 3.20. The van der Waals surface area contributed by atoms with Crippen LogP contribution in [0.1, 0.15) is 30.9 Å². The van der Waals surface area contributed by atoms with E-state index in [0.717, 1.165) is 34.1 Å². The van der Waals surface area contributed by atoms with Crippen LogP contribution in [-0.2, 0) is 6.54 Å². The summed E-state index contributed by atoms with van der Waals surface area (Å²) in [7, 11) is 0. The highest BCUT2D eigenvalue weighted by Crippen LogP contribution is 2.30. The zero-order valence-electron chi connectivity index (χ0n) is 13.4. The number of nitrogens with zero attached hydrogens (tertiary/aromatic N) is 4. The van der Waals surface area contributed by atoms with Crippen LogP contribution < -0.4 is 4.90 Å². The number of fused-ring (bicyclic) bond motifs is 1. The van der Waals surface area contributed by atoms with Gasteiger partial charge in [-0.25, -0.2) is 9.97 Å². The minimum atomic E-state index is 0.332. The summed E-state index contributed by atoms with van der Waals surface area (Å²) in [6.45, 7) is 9.19. The van der Waals surface area contributed by atoms with E-state index >= 15 is 0 Å². The molecule has 0 saturated carbocycles. The number of rotatable bonds is 4. The molecule has 3 rings (SSSR count). The Morgan fingerprint density at radius 3 is 2.73 bits per heavy atom. The van der Waals surface area contributed by atoms with Gasteiger partial charge in [0, 0.05) is 12.2 Å². The van der Waals surface area contributed by atoms with E-state index in [2.05, 4.69) is 53.2 Å². The van der Waals surface area contributed by atoms with E-state index in [1.807, 2.05) is 19.2 Å². The van der Waals surface area contributed by atoms with Gasteiger partial charge in [0.05, 0.1) is 17.6 Å². The summed E-state index contributed by atoms with van der Waals surface area (Å²) in [5.74, 6) is 1.82. The molecule has 0 aromatic carbocycles. The molecule has 0 fully saturated rings. The van der Waals surface area contributed by atoms with E-state index in [-0.39, 0.29) is 0 Å². The van der Waals surface area contributed by atoms with Gasteiger partial charge in [-0.1, -0.05) is 6.07 Å². The van der Waals surface area contributed by atoms with Crippen molar-refractivity contribution in [2.24, 2.45) is 0 Å². The van der Waals surface area contributed by atoms with Crippen molar-refractivity contribution < 1.29 is 0 Å². The third-order valence-corrected chi connectivity index (χ3v) is 4.56. The van der Waals surface area contributed by atoms with Gasteiger partial charge >= 0.3 is 0 Å². The Morgan fingerprint density at radius 1 is 1.18 bits per heavy atom. The van der Waals surface area contributed by atoms with Crippen molar-refractivity contribution in [2.45, 2.75) is 40.3 Å². The minimum Gasteiger partial charge on any atom is -0.348 e. The minimum absolute atomic E-state index is 0.332. The van der Waals surface area contributed by atoms with Crippen LogP contribution in [-0.4, -0.2) is 21.0 Å². The van der Waals surface area contributed by atoms with Gasteiger partial charge in [0.1, 0.15) is 16.5 Å². The van der Waals surface area contributed by atoms with Gasteiger partial charge < -0.3 is 4.90 Å². The summed E-state index contributed by atoms with van der Waals surface area (Å²) in [5.41, 5.74) is 2.30. The van der Waals surface area contributed by atoms with Crippen LogP contribution in [0.3, 0.4) is 0 Å². The Labute approximate surface area is 134 Å². The van der Waals surface area contributed by atoms with E-state index in [9.17, 15) is 0 Å². The average Bonchev–Trinajstić information content (AvgIpc) is 2.93. The number of hydrogen-bond acceptors (Lipinski definition) is 5. The molecule has 3 heterocycles. The fourth-order valence-electron chi connectivity index (χ4n) is 2.51. The maximum absolute atomic E-state index is 4.71. The normalized spacial score (nSPS) is 11.3. The van der Waals surface area contributed by atoms with Crippen LogP contribution in [0.15, 0.2) is 29.8 Å². The number of hydrogen-bond donors (Lipinski definition) is 0. The van der Waals surface area contributed by atoms with Gasteiger partial charge in [0.15, 0.2) is 0 Å². The maximum atomic E-state index is 4.71. The molecular formula is C17H20N4S. The first kappa shape index (κ1) is 14.9. The van der Waals surface area contributed by atoms with Gasteiger partial charge in [-0.15, -0.1) is 11.3 Å². The lowest BCUT2D eigenvalue weighted by Gasteiger charge is -2.28. The number of pyridine rings is 1. The molecule has 22 heavy (non-hydrogen) atoms. The Morgan fingerprint density at radius 2 is 2.00 bits per heavy atom. The molecule has 0 saturated heterocycles. The molecule has 0 aliphatic heterocycles. The number of aryl methyl sites for hydroxylation is 2. The van der Waals surface area contributed by atoms with Crippen molar-refractivity contribution in [2.75, 3.05) is 4.90 Å².